The normalized spacial score (nSPS) is 26.3. The van der Waals surface area contributed by atoms with Gasteiger partial charge in [0, 0.05) is 18.5 Å². The van der Waals surface area contributed by atoms with Crippen LogP contribution in [0.5, 0.6) is 0 Å². The topological polar surface area (TPSA) is 119 Å². The van der Waals surface area contributed by atoms with Gasteiger partial charge in [0.2, 0.25) is 5.28 Å². The molecule has 3 saturated heterocycles. The highest BCUT2D eigenvalue weighted by molar-refractivity contribution is 7.53. The molecule has 5 heterocycles. The van der Waals surface area contributed by atoms with Gasteiger partial charge in [0.25, 0.3) is 0 Å². The van der Waals surface area contributed by atoms with Gasteiger partial charge < -0.3 is 32.9 Å². The van der Waals surface area contributed by atoms with Gasteiger partial charge in [0.15, 0.2) is 11.4 Å². The first kappa shape index (κ1) is 34.3. The second kappa shape index (κ2) is 12.0. The summed E-state index contributed by atoms with van der Waals surface area (Å²) in [7, 11) is -3.60. The molecule has 3 fully saturated rings. The number of nitrogens with zero attached hydrogens (tertiary/aromatic N) is 5. The minimum absolute atomic E-state index is 0.111. The molecule has 0 N–H and O–H groups in total. The largest absolute Gasteiger partial charge is 0.366 e. The number of halogens is 1. The molecule has 1 aliphatic carbocycles. The standard InChI is InChI=1S/C34H47ClN5O7P/c1-31(2,3)46-48(41,47-32(4,5)6)20-42-17-25-27-26(44-33(7,8)45-27)24(43-25)16-40-29-22(15-36-40)28(37-30(35)38-29)39-18-34(19-39)14-13-21-11-9-10-12-23(21)34/h9-12,15,24-27H,13-14,16-20H2,1-8H3/t24-,25-,26+,27-/m1/s1. The van der Waals surface area contributed by atoms with Crippen LogP contribution < -0.4 is 4.90 Å². The summed E-state index contributed by atoms with van der Waals surface area (Å²) in [6, 6.07) is 8.76. The molecule has 3 aliphatic heterocycles. The van der Waals surface area contributed by atoms with Crippen molar-refractivity contribution in [3.05, 3.63) is 46.9 Å². The van der Waals surface area contributed by atoms with Crippen molar-refractivity contribution in [1.29, 1.82) is 0 Å². The van der Waals surface area contributed by atoms with Gasteiger partial charge in [-0.3, -0.25) is 4.57 Å². The molecule has 1 spiro atoms. The van der Waals surface area contributed by atoms with Crippen molar-refractivity contribution in [2.45, 2.75) is 122 Å². The predicted octanol–water partition coefficient (Wildman–Crippen LogP) is 6.27. The van der Waals surface area contributed by atoms with Crippen molar-refractivity contribution in [1.82, 2.24) is 19.7 Å². The van der Waals surface area contributed by atoms with Gasteiger partial charge in [-0.2, -0.15) is 15.1 Å². The number of anilines is 1. The smallest absolute Gasteiger partial charge is 0.357 e. The number of hydrogen-bond acceptors (Lipinski definition) is 11. The quantitative estimate of drug-likeness (QED) is 0.185. The van der Waals surface area contributed by atoms with Crippen LogP contribution in [0.4, 0.5) is 5.82 Å². The summed E-state index contributed by atoms with van der Waals surface area (Å²) in [6.07, 6.45) is 2.13. The summed E-state index contributed by atoms with van der Waals surface area (Å²) in [6.45, 7) is 17.0. The minimum atomic E-state index is -3.60. The summed E-state index contributed by atoms with van der Waals surface area (Å²) < 4.78 is 52.4. The van der Waals surface area contributed by atoms with Gasteiger partial charge in [-0.05, 0) is 91.0 Å². The van der Waals surface area contributed by atoms with E-state index in [9.17, 15) is 4.57 Å². The third kappa shape index (κ3) is 6.80. The van der Waals surface area contributed by atoms with Gasteiger partial charge in [0.05, 0.1) is 35.9 Å². The first-order chi connectivity index (χ1) is 22.4. The Hall–Kier alpha value is -2.15. The summed E-state index contributed by atoms with van der Waals surface area (Å²) in [5, 5.41) is 5.73. The number of hydrogen-bond donors (Lipinski definition) is 0. The fourth-order valence-electron chi connectivity index (χ4n) is 7.63. The van der Waals surface area contributed by atoms with Crippen LogP contribution in [0.15, 0.2) is 30.5 Å². The lowest BCUT2D eigenvalue weighted by Crippen LogP contribution is -2.58. The molecule has 0 amide bonds. The van der Waals surface area contributed by atoms with E-state index in [-0.39, 0.29) is 29.8 Å². The van der Waals surface area contributed by atoms with E-state index in [4.69, 9.17) is 44.7 Å². The number of fused-ring (bicyclic) bond motifs is 4. The Morgan fingerprint density at radius 2 is 1.67 bits per heavy atom. The molecule has 4 aliphatic rings. The number of rotatable bonds is 9. The van der Waals surface area contributed by atoms with Gasteiger partial charge in [0.1, 0.15) is 36.6 Å². The summed E-state index contributed by atoms with van der Waals surface area (Å²) in [5.74, 6) is -0.0176. The molecule has 4 atom stereocenters. The SMILES string of the molecule is CC(C)(C)OP(=O)(COC[C@H]1O[C@H](Cn2ncc3c(N4CC5(CCc6ccccc65)C4)nc(Cl)nc32)[C@@H]2OC(C)(C)O[C@@H]21)OC(C)(C)C. The zero-order chi connectivity index (χ0) is 34.3. The van der Waals surface area contributed by atoms with Crippen molar-refractivity contribution < 1.29 is 32.6 Å². The van der Waals surface area contributed by atoms with Crippen molar-refractivity contribution >= 4 is 36.0 Å². The van der Waals surface area contributed by atoms with E-state index in [0.717, 1.165) is 37.1 Å². The van der Waals surface area contributed by atoms with Gasteiger partial charge >= 0.3 is 7.60 Å². The third-order valence-electron chi connectivity index (χ3n) is 9.15. The predicted molar refractivity (Wildman–Crippen MR) is 182 cm³/mol. The maximum atomic E-state index is 13.7. The first-order valence-electron chi connectivity index (χ1n) is 16.7. The fraction of sp³-hybridized carbons (Fsp3) is 0.676. The van der Waals surface area contributed by atoms with Crippen molar-refractivity contribution in [2.24, 2.45) is 0 Å². The summed E-state index contributed by atoms with van der Waals surface area (Å²) in [4.78, 5) is 11.5. The Labute approximate surface area is 287 Å². The number of aromatic nitrogens is 4. The lowest BCUT2D eigenvalue weighted by molar-refractivity contribution is -0.193. The maximum absolute atomic E-state index is 13.7. The van der Waals surface area contributed by atoms with Crippen LogP contribution in [-0.2, 0) is 50.9 Å². The molecule has 12 nitrogen and oxygen atoms in total. The molecule has 0 saturated carbocycles. The van der Waals surface area contributed by atoms with Crippen LogP contribution in [0.1, 0.15) is 72.9 Å². The molecule has 2 aromatic heterocycles. The Morgan fingerprint density at radius 1 is 1.00 bits per heavy atom. The van der Waals surface area contributed by atoms with Crippen molar-refractivity contribution in [2.75, 3.05) is 30.9 Å². The van der Waals surface area contributed by atoms with Crippen LogP contribution in [0.2, 0.25) is 5.28 Å². The van der Waals surface area contributed by atoms with Crippen LogP contribution in [0.25, 0.3) is 11.0 Å². The molecule has 0 radical (unpaired) electrons. The summed E-state index contributed by atoms with van der Waals surface area (Å²) >= 11 is 6.52. The van der Waals surface area contributed by atoms with Crippen LogP contribution in [0.3, 0.4) is 0 Å². The minimum Gasteiger partial charge on any atom is -0.366 e. The van der Waals surface area contributed by atoms with E-state index in [1.165, 1.54) is 11.1 Å². The fourth-order valence-corrected chi connectivity index (χ4v) is 9.93. The molecular formula is C34H47ClN5O7P. The highest BCUT2D eigenvalue weighted by Crippen LogP contribution is 2.54. The average Bonchev–Trinajstić information content (AvgIpc) is 3.67. The highest BCUT2D eigenvalue weighted by Gasteiger charge is 2.55. The number of ether oxygens (including phenoxy) is 4. The Balaban J connectivity index is 1.06. The van der Waals surface area contributed by atoms with Crippen LogP contribution in [-0.4, -0.2) is 87.2 Å². The molecule has 14 heteroatoms. The Bertz CT molecular complexity index is 1710. The van der Waals surface area contributed by atoms with E-state index in [1.807, 2.05) is 55.4 Å². The molecule has 3 aromatic rings. The second-order valence-electron chi connectivity index (χ2n) is 16.0. The molecular weight excluding hydrogens is 657 g/mol. The van der Waals surface area contributed by atoms with E-state index < -0.39 is 42.9 Å². The molecule has 1 aromatic carbocycles. The molecule has 0 bridgehead atoms. The van der Waals surface area contributed by atoms with E-state index in [0.29, 0.717) is 12.2 Å². The lowest BCUT2D eigenvalue weighted by atomic mass is 9.75. The van der Waals surface area contributed by atoms with Gasteiger partial charge in [-0.15, -0.1) is 0 Å². The van der Waals surface area contributed by atoms with Crippen molar-refractivity contribution in [3.8, 4) is 0 Å². The van der Waals surface area contributed by atoms with Crippen LogP contribution in [0, 0.1) is 0 Å². The zero-order valence-corrected chi connectivity index (χ0v) is 30.7. The third-order valence-corrected chi connectivity index (χ3v) is 11.5. The second-order valence-corrected chi connectivity index (χ2v) is 18.2. The Morgan fingerprint density at radius 3 is 2.35 bits per heavy atom. The molecule has 262 valence electrons. The average molecular weight is 704 g/mol. The number of benzene rings is 1. The molecule has 0 unspecified atom stereocenters. The summed E-state index contributed by atoms with van der Waals surface area (Å²) in [5.41, 5.74) is 2.31. The monoisotopic (exact) mass is 703 g/mol. The first-order valence-corrected chi connectivity index (χ1v) is 18.8. The Kier molecular flexibility index (Phi) is 8.56. The number of aryl methyl sites for hydroxylation is 1. The van der Waals surface area contributed by atoms with E-state index in [1.54, 1.807) is 10.9 Å². The zero-order valence-electron chi connectivity index (χ0n) is 29.1. The van der Waals surface area contributed by atoms with E-state index in [2.05, 4.69) is 39.1 Å². The van der Waals surface area contributed by atoms with Gasteiger partial charge in [-0.1, -0.05) is 24.3 Å². The molecule has 48 heavy (non-hydrogen) atoms. The lowest BCUT2D eigenvalue weighted by Gasteiger charge is -2.49. The maximum Gasteiger partial charge on any atom is 0.357 e. The van der Waals surface area contributed by atoms with Crippen molar-refractivity contribution in [3.63, 3.8) is 0 Å². The highest BCUT2D eigenvalue weighted by atomic mass is 35.5. The molecule has 7 rings (SSSR count). The van der Waals surface area contributed by atoms with Crippen LogP contribution >= 0.6 is 19.2 Å². The van der Waals surface area contributed by atoms with E-state index >= 15 is 0 Å². The van der Waals surface area contributed by atoms with Gasteiger partial charge in [-0.25, -0.2) is 4.68 Å².